The fourth-order valence-corrected chi connectivity index (χ4v) is 2.11. The Labute approximate surface area is 129 Å². The molecule has 4 nitrogen and oxygen atoms in total. The van der Waals surface area contributed by atoms with Crippen molar-refractivity contribution in [1.82, 2.24) is 0 Å². The Morgan fingerprint density at radius 1 is 1.19 bits per heavy atom. The van der Waals surface area contributed by atoms with Crippen LogP contribution in [0.3, 0.4) is 0 Å². The third kappa shape index (κ3) is 3.67. The normalized spacial score (nSPS) is 10.2. The average Bonchev–Trinajstić information content (AvgIpc) is 2.47. The number of halogens is 1. The molecule has 3 N–H and O–H groups in total. The molecule has 0 saturated heterocycles. The van der Waals surface area contributed by atoms with E-state index < -0.39 is 0 Å². The highest BCUT2D eigenvalue weighted by Crippen LogP contribution is 2.26. The highest BCUT2D eigenvalue weighted by molar-refractivity contribution is 6.30. The Bertz CT molecular complexity index is 671. The van der Waals surface area contributed by atoms with Crippen molar-refractivity contribution in [2.75, 3.05) is 7.11 Å². The van der Waals surface area contributed by atoms with Crippen molar-refractivity contribution in [2.24, 2.45) is 5.73 Å². The lowest BCUT2D eigenvalue weighted by molar-refractivity contribution is 0.295. The van der Waals surface area contributed by atoms with E-state index in [0.717, 1.165) is 16.9 Å². The molecule has 2 rings (SSSR count). The van der Waals surface area contributed by atoms with Crippen molar-refractivity contribution in [2.45, 2.75) is 13.5 Å². The summed E-state index contributed by atoms with van der Waals surface area (Å²) in [5, 5.41) is 8.12. The van der Waals surface area contributed by atoms with Crippen LogP contribution in [0.5, 0.6) is 11.5 Å². The minimum Gasteiger partial charge on any atom is -0.496 e. The second-order valence-electron chi connectivity index (χ2n) is 4.64. The zero-order chi connectivity index (χ0) is 15.4. The monoisotopic (exact) mass is 304 g/mol. The molecule has 110 valence electrons. The first-order valence-electron chi connectivity index (χ1n) is 6.41. The van der Waals surface area contributed by atoms with Gasteiger partial charge in [-0.25, -0.2) is 0 Å². The number of hydrogen-bond acceptors (Lipinski definition) is 3. The third-order valence-corrected chi connectivity index (χ3v) is 3.36. The lowest BCUT2D eigenvalue weighted by atomic mass is 10.1. The number of methoxy groups -OCH3 is 1. The van der Waals surface area contributed by atoms with Crippen LogP contribution in [0.4, 0.5) is 0 Å². The zero-order valence-electron chi connectivity index (χ0n) is 11.9. The predicted molar refractivity (Wildman–Crippen MR) is 84.5 cm³/mol. The van der Waals surface area contributed by atoms with Gasteiger partial charge in [-0.15, -0.1) is 0 Å². The van der Waals surface area contributed by atoms with Gasteiger partial charge in [0.05, 0.1) is 7.11 Å². The van der Waals surface area contributed by atoms with E-state index in [4.69, 9.17) is 32.2 Å². The maximum absolute atomic E-state index is 7.50. The Hall–Kier alpha value is -2.20. The zero-order valence-corrected chi connectivity index (χ0v) is 12.7. The van der Waals surface area contributed by atoms with Gasteiger partial charge in [0.15, 0.2) is 0 Å². The van der Waals surface area contributed by atoms with Gasteiger partial charge in [-0.3, -0.25) is 5.41 Å². The molecule has 0 unspecified atom stereocenters. The number of rotatable bonds is 5. The summed E-state index contributed by atoms with van der Waals surface area (Å²) in [6.45, 7) is 2.26. The molecule has 0 bridgehead atoms. The molecule has 2 aromatic rings. The summed E-state index contributed by atoms with van der Waals surface area (Å²) in [5.74, 6) is 1.43. The number of amidine groups is 1. The van der Waals surface area contributed by atoms with Gasteiger partial charge in [-0.05, 0) is 42.8 Å². The Kier molecular flexibility index (Phi) is 4.70. The largest absolute Gasteiger partial charge is 0.496 e. The number of ether oxygens (including phenoxy) is 2. The van der Waals surface area contributed by atoms with E-state index in [0.29, 0.717) is 22.9 Å². The van der Waals surface area contributed by atoms with Crippen molar-refractivity contribution in [1.29, 1.82) is 5.41 Å². The molecule has 0 aliphatic heterocycles. The van der Waals surface area contributed by atoms with Crippen LogP contribution in [0.2, 0.25) is 5.02 Å². The van der Waals surface area contributed by atoms with Gasteiger partial charge in [0.25, 0.3) is 0 Å². The molecule has 0 heterocycles. The number of benzene rings is 2. The van der Waals surface area contributed by atoms with Gasteiger partial charge in [0, 0.05) is 16.1 Å². The summed E-state index contributed by atoms with van der Waals surface area (Å²) < 4.78 is 11.1. The van der Waals surface area contributed by atoms with Crippen LogP contribution in [0.15, 0.2) is 36.4 Å². The molecule has 0 saturated carbocycles. The predicted octanol–water partition coefficient (Wildman–Crippen LogP) is 3.52. The van der Waals surface area contributed by atoms with Gasteiger partial charge in [-0.1, -0.05) is 17.7 Å². The quantitative estimate of drug-likeness (QED) is 0.656. The van der Waals surface area contributed by atoms with Gasteiger partial charge in [0.1, 0.15) is 23.9 Å². The molecular formula is C16H17ClN2O2. The molecule has 0 fully saturated rings. The molecule has 0 spiro atoms. The first kappa shape index (κ1) is 15.2. The van der Waals surface area contributed by atoms with Crippen LogP contribution in [0.1, 0.15) is 16.7 Å². The molecule has 2 aromatic carbocycles. The van der Waals surface area contributed by atoms with Crippen molar-refractivity contribution in [3.8, 4) is 11.5 Å². The highest BCUT2D eigenvalue weighted by Gasteiger charge is 2.08. The van der Waals surface area contributed by atoms with E-state index in [1.54, 1.807) is 31.4 Å². The van der Waals surface area contributed by atoms with Crippen LogP contribution in [-0.4, -0.2) is 12.9 Å². The summed E-state index contributed by atoms with van der Waals surface area (Å²) in [4.78, 5) is 0. The van der Waals surface area contributed by atoms with E-state index in [-0.39, 0.29) is 5.84 Å². The minimum atomic E-state index is 0.0119. The van der Waals surface area contributed by atoms with Crippen LogP contribution in [0, 0.1) is 12.3 Å². The molecular weight excluding hydrogens is 288 g/mol. The summed E-state index contributed by atoms with van der Waals surface area (Å²) in [7, 11) is 1.59. The third-order valence-electron chi connectivity index (χ3n) is 3.12. The fourth-order valence-electron chi connectivity index (χ4n) is 1.94. The first-order valence-corrected chi connectivity index (χ1v) is 6.79. The number of nitrogen functional groups attached to an aromatic ring is 1. The molecule has 21 heavy (non-hydrogen) atoms. The van der Waals surface area contributed by atoms with Crippen LogP contribution in [0.25, 0.3) is 0 Å². The fraction of sp³-hybridized carbons (Fsp3) is 0.188. The lowest BCUT2D eigenvalue weighted by Gasteiger charge is -2.13. The smallest absolute Gasteiger partial charge is 0.125 e. The lowest BCUT2D eigenvalue weighted by Crippen LogP contribution is -2.12. The van der Waals surface area contributed by atoms with Crippen molar-refractivity contribution in [3.63, 3.8) is 0 Å². The number of nitrogens with one attached hydrogen (secondary N) is 1. The Morgan fingerprint density at radius 3 is 2.62 bits per heavy atom. The maximum atomic E-state index is 7.50. The molecule has 0 atom stereocenters. The molecule has 0 radical (unpaired) electrons. The maximum Gasteiger partial charge on any atom is 0.125 e. The Morgan fingerprint density at radius 2 is 1.95 bits per heavy atom. The highest BCUT2D eigenvalue weighted by atomic mass is 35.5. The summed E-state index contributed by atoms with van der Waals surface area (Å²) in [6.07, 6.45) is 0. The van der Waals surface area contributed by atoms with Crippen LogP contribution < -0.4 is 15.2 Å². The van der Waals surface area contributed by atoms with Crippen LogP contribution >= 0.6 is 11.6 Å². The topological polar surface area (TPSA) is 68.3 Å². The number of hydrogen-bond donors (Lipinski definition) is 2. The van der Waals surface area contributed by atoms with Crippen LogP contribution in [-0.2, 0) is 6.61 Å². The molecule has 0 amide bonds. The summed E-state index contributed by atoms with van der Waals surface area (Å²) in [5.41, 5.74) is 7.97. The second kappa shape index (κ2) is 6.50. The van der Waals surface area contributed by atoms with E-state index in [1.807, 2.05) is 19.1 Å². The van der Waals surface area contributed by atoms with Gasteiger partial charge >= 0.3 is 0 Å². The summed E-state index contributed by atoms with van der Waals surface area (Å²) in [6, 6.07) is 10.8. The molecule has 0 aliphatic carbocycles. The van der Waals surface area contributed by atoms with Crippen molar-refractivity contribution >= 4 is 17.4 Å². The van der Waals surface area contributed by atoms with E-state index >= 15 is 0 Å². The standard InChI is InChI=1S/C16H17ClN2O2/c1-10-3-5-13(17)8-15(10)21-9-12-7-11(16(18)19)4-6-14(12)20-2/h3-8H,9H2,1-2H3,(H3,18,19). The van der Waals surface area contributed by atoms with Crippen molar-refractivity contribution < 1.29 is 9.47 Å². The number of nitrogens with two attached hydrogens (primary N) is 1. The van der Waals surface area contributed by atoms with Gasteiger partial charge < -0.3 is 15.2 Å². The molecule has 0 aliphatic rings. The molecule has 0 aromatic heterocycles. The van der Waals surface area contributed by atoms with Gasteiger partial charge in [0.2, 0.25) is 0 Å². The second-order valence-corrected chi connectivity index (χ2v) is 5.08. The van der Waals surface area contributed by atoms with Gasteiger partial charge in [-0.2, -0.15) is 0 Å². The molecule has 5 heteroatoms. The SMILES string of the molecule is COc1ccc(C(=N)N)cc1COc1cc(Cl)ccc1C. The van der Waals surface area contributed by atoms with Crippen molar-refractivity contribution in [3.05, 3.63) is 58.1 Å². The first-order chi connectivity index (χ1) is 10.0. The van der Waals surface area contributed by atoms with E-state index in [1.165, 1.54) is 0 Å². The van der Waals surface area contributed by atoms with E-state index in [2.05, 4.69) is 0 Å². The minimum absolute atomic E-state index is 0.0119. The van der Waals surface area contributed by atoms with E-state index in [9.17, 15) is 0 Å². The number of aryl methyl sites for hydroxylation is 1. The summed E-state index contributed by atoms with van der Waals surface area (Å²) >= 11 is 5.97. The average molecular weight is 305 g/mol. The Balaban J connectivity index is 2.24.